The van der Waals surface area contributed by atoms with Crippen LogP contribution >= 0.6 is 0 Å². The lowest BCUT2D eigenvalue weighted by molar-refractivity contribution is 0.896. The highest BCUT2D eigenvalue weighted by molar-refractivity contribution is 5.70. The third-order valence-electron chi connectivity index (χ3n) is 2.26. The Morgan fingerprint density at radius 1 is 1.40 bits per heavy atom. The predicted molar refractivity (Wildman–Crippen MR) is 41.3 cm³/mol. The quantitative estimate of drug-likeness (QED) is 0.560. The van der Waals surface area contributed by atoms with Crippen LogP contribution in [0, 0.1) is 0 Å². The van der Waals surface area contributed by atoms with Gasteiger partial charge in [0, 0.05) is 23.5 Å². The molecule has 1 aromatic rings. The highest BCUT2D eigenvalue weighted by Crippen LogP contribution is 2.39. The van der Waals surface area contributed by atoms with Gasteiger partial charge in [-0.15, -0.1) is 0 Å². The van der Waals surface area contributed by atoms with Crippen LogP contribution in [0.3, 0.4) is 0 Å². The third kappa shape index (κ3) is 0.375. The topological polar surface area (TPSA) is 24.1 Å². The van der Waals surface area contributed by atoms with Crippen molar-refractivity contribution in [2.75, 3.05) is 17.2 Å². The van der Waals surface area contributed by atoms with Crippen molar-refractivity contribution in [3.05, 3.63) is 23.8 Å². The van der Waals surface area contributed by atoms with Gasteiger partial charge in [-0.05, 0) is 18.2 Å². The molecule has 1 aromatic carbocycles. The van der Waals surface area contributed by atoms with Gasteiger partial charge in [-0.25, -0.2) is 0 Å². The first-order valence-electron chi connectivity index (χ1n) is 3.58. The summed E-state index contributed by atoms with van der Waals surface area (Å²) in [5.74, 6) is 0. The number of anilines is 2. The number of nitrogens with one attached hydrogen (secondary N) is 2. The molecule has 0 saturated heterocycles. The Labute approximate surface area is 59.2 Å². The van der Waals surface area contributed by atoms with Crippen molar-refractivity contribution in [1.82, 2.24) is 0 Å². The van der Waals surface area contributed by atoms with Gasteiger partial charge in [0.2, 0.25) is 0 Å². The van der Waals surface area contributed by atoms with Gasteiger partial charge in [-0.3, -0.25) is 0 Å². The Hall–Kier alpha value is -1.18. The first kappa shape index (κ1) is 4.61. The van der Waals surface area contributed by atoms with E-state index >= 15 is 0 Å². The molecule has 3 rings (SSSR count). The van der Waals surface area contributed by atoms with E-state index in [1.807, 2.05) is 0 Å². The molecule has 2 N–H and O–H groups in total. The van der Waals surface area contributed by atoms with Crippen molar-refractivity contribution < 1.29 is 0 Å². The predicted octanol–water partition coefficient (Wildman–Crippen LogP) is 1.58. The van der Waals surface area contributed by atoms with Crippen molar-refractivity contribution in [3.63, 3.8) is 0 Å². The van der Waals surface area contributed by atoms with Crippen LogP contribution in [0.25, 0.3) is 0 Å². The van der Waals surface area contributed by atoms with E-state index < -0.39 is 0 Å². The van der Waals surface area contributed by atoms with E-state index in [0.29, 0.717) is 6.04 Å². The van der Waals surface area contributed by atoms with E-state index in [1.165, 1.54) is 16.9 Å². The summed E-state index contributed by atoms with van der Waals surface area (Å²) in [6.45, 7) is 1.05. The molecule has 0 aromatic heterocycles. The maximum Gasteiger partial charge on any atom is 0.0707 e. The summed E-state index contributed by atoms with van der Waals surface area (Å²) in [4.78, 5) is 0. The van der Waals surface area contributed by atoms with Gasteiger partial charge >= 0.3 is 0 Å². The molecule has 0 saturated carbocycles. The number of hydrogen-bond donors (Lipinski definition) is 2. The Kier molecular flexibility index (Phi) is 0.592. The van der Waals surface area contributed by atoms with Gasteiger partial charge in [0.15, 0.2) is 0 Å². The van der Waals surface area contributed by atoms with Crippen LogP contribution in [0.15, 0.2) is 18.2 Å². The molecule has 2 nitrogen and oxygen atoms in total. The number of hydrogen-bond acceptors (Lipinski definition) is 2. The fourth-order valence-corrected chi connectivity index (χ4v) is 1.75. The van der Waals surface area contributed by atoms with Crippen LogP contribution in [0.1, 0.15) is 11.6 Å². The summed E-state index contributed by atoms with van der Waals surface area (Å²) in [7, 11) is 0. The second-order valence-corrected chi connectivity index (χ2v) is 2.88. The van der Waals surface area contributed by atoms with Crippen LogP contribution in [0.5, 0.6) is 0 Å². The molecule has 1 atom stereocenters. The molecule has 2 heteroatoms. The maximum atomic E-state index is 3.40. The smallest absolute Gasteiger partial charge is 0.0707 e. The van der Waals surface area contributed by atoms with Crippen LogP contribution < -0.4 is 10.6 Å². The summed E-state index contributed by atoms with van der Waals surface area (Å²) in [5, 5.41) is 6.73. The van der Waals surface area contributed by atoms with Gasteiger partial charge in [0.05, 0.1) is 6.04 Å². The molecule has 10 heavy (non-hydrogen) atoms. The minimum atomic E-state index is 0.556. The fraction of sp³-hybridized carbons (Fsp3) is 0.250. The molecule has 2 heterocycles. The number of rotatable bonds is 0. The summed E-state index contributed by atoms with van der Waals surface area (Å²) in [5.41, 5.74) is 4.02. The zero-order valence-electron chi connectivity index (χ0n) is 5.52. The van der Waals surface area contributed by atoms with Gasteiger partial charge in [0.25, 0.3) is 0 Å². The van der Waals surface area contributed by atoms with Crippen molar-refractivity contribution in [2.45, 2.75) is 6.04 Å². The summed E-state index contributed by atoms with van der Waals surface area (Å²) in [6.07, 6.45) is 0. The van der Waals surface area contributed by atoms with Crippen LogP contribution in [0.2, 0.25) is 0 Å². The molecule has 0 radical (unpaired) electrons. The van der Waals surface area contributed by atoms with E-state index in [4.69, 9.17) is 0 Å². The molecule has 0 aliphatic carbocycles. The van der Waals surface area contributed by atoms with E-state index in [-0.39, 0.29) is 0 Å². The highest BCUT2D eigenvalue weighted by atomic mass is 15.1. The lowest BCUT2D eigenvalue weighted by Gasteiger charge is -2.05. The minimum absolute atomic E-state index is 0.556. The Balaban J connectivity index is 2.37. The Morgan fingerprint density at radius 3 is 3.40 bits per heavy atom. The molecule has 2 aliphatic rings. The van der Waals surface area contributed by atoms with Gasteiger partial charge in [-0.1, -0.05) is 0 Å². The molecule has 2 aliphatic heterocycles. The van der Waals surface area contributed by atoms with Crippen molar-refractivity contribution in [3.8, 4) is 0 Å². The normalized spacial score (nSPS) is 24.2. The van der Waals surface area contributed by atoms with E-state index in [0.717, 1.165) is 6.54 Å². The molecule has 0 fully saturated rings. The molecule has 50 valence electrons. The van der Waals surface area contributed by atoms with E-state index in [1.54, 1.807) is 0 Å². The largest absolute Gasteiger partial charge is 0.382 e. The molecule has 2 bridgehead atoms. The van der Waals surface area contributed by atoms with Gasteiger partial charge in [-0.2, -0.15) is 0 Å². The van der Waals surface area contributed by atoms with Crippen molar-refractivity contribution >= 4 is 11.4 Å². The van der Waals surface area contributed by atoms with Crippen molar-refractivity contribution in [1.29, 1.82) is 0 Å². The van der Waals surface area contributed by atoms with Crippen LogP contribution in [0.4, 0.5) is 11.4 Å². The molecule has 1 unspecified atom stereocenters. The van der Waals surface area contributed by atoms with Gasteiger partial charge in [0.1, 0.15) is 0 Å². The first-order valence-corrected chi connectivity index (χ1v) is 3.58. The zero-order chi connectivity index (χ0) is 6.55. The minimum Gasteiger partial charge on any atom is -0.382 e. The lowest BCUT2D eigenvalue weighted by atomic mass is 10.2. The third-order valence-corrected chi connectivity index (χ3v) is 2.26. The number of fused-ring (bicyclic) bond motifs is 1. The lowest BCUT2D eigenvalue weighted by Crippen LogP contribution is -2.08. The SMILES string of the molecule is c1cc2c3cc1NC3CN2. The second kappa shape index (κ2) is 1.29. The number of benzene rings is 1. The van der Waals surface area contributed by atoms with E-state index in [9.17, 15) is 0 Å². The summed E-state index contributed by atoms with van der Waals surface area (Å²) in [6, 6.07) is 7.04. The van der Waals surface area contributed by atoms with Crippen LogP contribution in [-0.2, 0) is 0 Å². The highest BCUT2D eigenvalue weighted by Gasteiger charge is 2.26. The Bertz CT molecular complexity index is 293. The molecular weight excluding hydrogens is 124 g/mol. The summed E-state index contributed by atoms with van der Waals surface area (Å²) < 4.78 is 0. The standard InChI is InChI=1S/C8H8N2/c1-2-7-6-3-5(1)10-8(6)4-9-7/h1-3,8-10H,4H2. The molecular formula is C8H8N2. The second-order valence-electron chi connectivity index (χ2n) is 2.88. The first-order chi connectivity index (χ1) is 4.93. The fourth-order valence-electron chi connectivity index (χ4n) is 1.75. The molecule has 0 amide bonds. The average Bonchev–Trinajstić information content (AvgIpc) is 2.38. The Morgan fingerprint density at radius 2 is 2.40 bits per heavy atom. The monoisotopic (exact) mass is 132 g/mol. The zero-order valence-corrected chi connectivity index (χ0v) is 5.52. The van der Waals surface area contributed by atoms with Crippen molar-refractivity contribution in [2.24, 2.45) is 0 Å². The maximum absolute atomic E-state index is 3.40. The molecule has 0 spiro atoms. The van der Waals surface area contributed by atoms with Gasteiger partial charge < -0.3 is 10.6 Å². The summed E-state index contributed by atoms with van der Waals surface area (Å²) >= 11 is 0. The van der Waals surface area contributed by atoms with E-state index in [2.05, 4.69) is 28.8 Å². The van der Waals surface area contributed by atoms with Crippen LogP contribution in [-0.4, -0.2) is 6.54 Å². The average molecular weight is 132 g/mol.